The van der Waals surface area contributed by atoms with Crippen LogP contribution >= 0.6 is 35.3 Å². The van der Waals surface area contributed by atoms with Crippen LogP contribution < -0.4 is 5.43 Å². The molecule has 0 bridgehead atoms. The summed E-state index contributed by atoms with van der Waals surface area (Å²) in [6, 6.07) is 11.5. The summed E-state index contributed by atoms with van der Waals surface area (Å²) in [5.41, 5.74) is 1.41. The molecule has 1 saturated heterocycles. The molecule has 1 unspecified atom stereocenters. The molecule has 1 aromatic carbocycles. The second-order valence-corrected chi connectivity index (χ2v) is 8.95. The van der Waals surface area contributed by atoms with Crippen LogP contribution in [0.5, 0.6) is 0 Å². The summed E-state index contributed by atoms with van der Waals surface area (Å²) in [6.45, 7) is 0.593. The van der Waals surface area contributed by atoms with Crippen molar-refractivity contribution in [1.82, 2.24) is 9.88 Å². The largest absolute Gasteiger partial charge is 0.361 e. The number of pyridine rings is 1. The number of carbonyl (C=O) groups is 1. The van der Waals surface area contributed by atoms with Gasteiger partial charge in [-0.15, -0.1) is 11.3 Å². The highest BCUT2D eigenvalue weighted by Crippen LogP contribution is 2.30. The van der Waals surface area contributed by atoms with Gasteiger partial charge in [-0.1, -0.05) is 42.2 Å². The number of rotatable bonds is 5. The van der Waals surface area contributed by atoms with Crippen molar-refractivity contribution in [3.63, 3.8) is 0 Å². The van der Waals surface area contributed by atoms with E-state index in [4.69, 9.17) is 12.2 Å². The van der Waals surface area contributed by atoms with Crippen LogP contribution in [0.3, 0.4) is 0 Å². The molecule has 4 rings (SSSR count). The smallest absolute Gasteiger partial charge is 0.241 e. The van der Waals surface area contributed by atoms with E-state index in [0.717, 1.165) is 11.9 Å². The first-order valence-corrected chi connectivity index (χ1v) is 10.4. The Morgan fingerprint density at radius 2 is 2.00 bits per heavy atom. The van der Waals surface area contributed by atoms with Crippen LogP contribution in [0.1, 0.15) is 10.4 Å². The maximum atomic E-state index is 12.8. The van der Waals surface area contributed by atoms with Gasteiger partial charge in [0.05, 0.1) is 5.25 Å². The summed E-state index contributed by atoms with van der Waals surface area (Å²) in [6.07, 6.45) is 2.91. The van der Waals surface area contributed by atoms with Crippen LogP contribution in [0.4, 0.5) is 0 Å². The van der Waals surface area contributed by atoms with Gasteiger partial charge in [0.2, 0.25) is 5.91 Å². The summed E-state index contributed by atoms with van der Waals surface area (Å²) in [4.78, 5) is 31.5. The SMILES string of the molecule is O=C1C(Cc2c[nH]c3ccccc3c2=O)SC(=S)N1CCc1cccs1. The fourth-order valence-corrected chi connectivity index (χ4v) is 5.34. The normalized spacial score (nSPS) is 17.4. The summed E-state index contributed by atoms with van der Waals surface area (Å²) in [5, 5.41) is 2.36. The Labute approximate surface area is 164 Å². The lowest BCUT2D eigenvalue weighted by Crippen LogP contribution is -2.34. The predicted octanol–water partition coefficient (Wildman–Crippen LogP) is 3.60. The van der Waals surface area contributed by atoms with E-state index in [1.807, 2.05) is 29.6 Å². The number of H-pyrrole nitrogens is 1. The minimum absolute atomic E-state index is 0.00381. The molecule has 1 aliphatic heterocycles. The van der Waals surface area contributed by atoms with E-state index in [-0.39, 0.29) is 16.6 Å². The first-order chi connectivity index (χ1) is 12.6. The number of hydrogen-bond acceptors (Lipinski definition) is 5. The van der Waals surface area contributed by atoms with Crippen LogP contribution in [-0.4, -0.2) is 31.9 Å². The maximum Gasteiger partial charge on any atom is 0.241 e. The molecule has 2 aromatic heterocycles. The summed E-state index contributed by atoms with van der Waals surface area (Å²) < 4.78 is 0.605. The van der Waals surface area contributed by atoms with Gasteiger partial charge in [-0.3, -0.25) is 14.5 Å². The Bertz CT molecular complexity index is 1030. The zero-order chi connectivity index (χ0) is 18.1. The van der Waals surface area contributed by atoms with E-state index < -0.39 is 0 Å². The standard InChI is InChI=1S/C19H16N2O2S3/c22-17-12(11-20-15-6-2-1-5-14(15)17)10-16-18(23)21(19(24)26-16)8-7-13-4-3-9-25-13/h1-6,9,11,16H,7-8,10H2,(H,20,22). The van der Waals surface area contributed by atoms with Gasteiger partial charge in [-0.2, -0.15) is 0 Å². The third kappa shape index (κ3) is 3.34. The zero-order valence-electron chi connectivity index (χ0n) is 13.8. The molecular weight excluding hydrogens is 384 g/mol. The van der Waals surface area contributed by atoms with Gasteiger partial charge in [-0.05, 0) is 36.4 Å². The highest BCUT2D eigenvalue weighted by molar-refractivity contribution is 8.24. The molecule has 1 amide bonds. The number of thiophene rings is 1. The number of hydrogen-bond donors (Lipinski definition) is 1. The Hall–Kier alpha value is -1.96. The number of fused-ring (bicyclic) bond motifs is 1. The summed E-state index contributed by atoms with van der Waals surface area (Å²) >= 11 is 8.47. The van der Waals surface area contributed by atoms with Gasteiger partial charge < -0.3 is 4.98 Å². The van der Waals surface area contributed by atoms with Crippen LogP contribution in [-0.2, 0) is 17.6 Å². The van der Waals surface area contributed by atoms with Crippen molar-refractivity contribution < 1.29 is 4.79 Å². The van der Waals surface area contributed by atoms with Crippen LogP contribution in [0.25, 0.3) is 10.9 Å². The highest BCUT2D eigenvalue weighted by atomic mass is 32.2. The molecular formula is C19H16N2O2S3. The average Bonchev–Trinajstić information content (AvgIpc) is 3.25. The minimum Gasteiger partial charge on any atom is -0.361 e. The number of thiocarbonyl (C=S) groups is 1. The van der Waals surface area contributed by atoms with E-state index in [1.165, 1.54) is 16.6 Å². The number of aromatic nitrogens is 1. The van der Waals surface area contributed by atoms with Gasteiger partial charge in [0, 0.05) is 34.1 Å². The molecule has 1 atom stereocenters. The van der Waals surface area contributed by atoms with Gasteiger partial charge in [0.15, 0.2) is 5.43 Å². The van der Waals surface area contributed by atoms with E-state index >= 15 is 0 Å². The molecule has 0 radical (unpaired) electrons. The number of para-hydroxylation sites is 1. The number of thioether (sulfide) groups is 1. The Morgan fingerprint density at radius 1 is 1.15 bits per heavy atom. The lowest BCUT2D eigenvalue weighted by molar-refractivity contribution is -0.126. The van der Waals surface area contributed by atoms with Gasteiger partial charge in [-0.25, -0.2) is 0 Å². The topological polar surface area (TPSA) is 53.2 Å². The number of benzene rings is 1. The van der Waals surface area contributed by atoms with Gasteiger partial charge in [0.25, 0.3) is 0 Å². The van der Waals surface area contributed by atoms with E-state index in [2.05, 4.69) is 11.1 Å². The first kappa shape index (κ1) is 17.5. The third-order valence-electron chi connectivity index (χ3n) is 4.44. The van der Waals surface area contributed by atoms with Crippen LogP contribution in [0, 0.1) is 0 Å². The molecule has 0 saturated carbocycles. The quantitative estimate of drug-likeness (QED) is 0.665. The van der Waals surface area contributed by atoms with Crippen molar-refractivity contribution >= 4 is 56.4 Å². The van der Waals surface area contributed by atoms with E-state index in [1.54, 1.807) is 28.5 Å². The highest BCUT2D eigenvalue weighted by Gasteiger charge is 2.37. The Morgan fingerprint density at radius 3 is 2.81 bits per heavy atom. The number of carbonyl (C=O) groups excluding carboxylic acids is 1. The predicted molar refractivity (Wildman–Crippen MR) is 112 cm³/mol. The van der Waals surface area contributed by atoms with Crippen molar-refractivity contribution in [2.75, 3.05) is 6.54 Å². The zero-order valence-corrected chi connectivity index (χ0v) is 16.3. The maximum absolute atomic E-state index is 12.8. The monoisotopic (exact) mass is 400 g/mol. The van der Waals surface area contributed by atoms with Crippen molar-refractivity contribution in [2.45, 2.75) is 18.1 Å². The van der Waals surface area contributed by atoms with Crippen molar-refractivity contribution in [3.05, 3.63) is 68.6 Å². The van der Waals surface area contributed by atoms with Gasteiger partial charge >= 0.3 is 0 Å². The minimum atomic E-state index is -0.326. The molecule has 3 aromatic rings. The Kier molecular flexibility index (Phi) is 4.93. The average molecular weight is 401 g/mol. The molecule has 0 aliphatic carbocycles. The molecule has 1 fully saturated rings. The fourth-order valence-electron chi connectivity index (χ4n) is 3.07. The molecule has 1 aliphatic rings. The fraction of sp³-hybridized carbons (Fsp3) is 0.211. The second kappa shape index (κ2) is 7.34. The molecule has 0 spiro atoms. The summed E-state index contributed by atoms with van der Waals surface area (Å²) in [5.74, 6) is 0.00381. The lowest BCUT2D eigenvalue weighted by atomic mass is 10.1. The molecule has 1 N–H and O–H groups in total. The molecule has 4 nitrogen and oxygen atoms in total. The number of nitrogens with zero attached hydrogens (tertiary/aromatic N) is 1. The van der Waals surface area contributed by atoms with Crippen molar-refractivity contribution in [2.24, 2.45) is 0 Å². The van der Waals surface area contributed by atoms with Gasteiger partial charge in [0.1, 0.15) is 4.32 Å². The van der Waals surface area contributed by atoms with Crippen LogP contribution in [0.2, 0.25) is 0 Å². The van der Waals surface area contributed by atoms with Crippen molar-refractivity contribution in [3.8, 4) is 0 Å². The van der Waals surface area contributed by atoms with E-state index in [0.29, 0.717) is 28.2 Å². The number of amides is 1. The third-order valence-corrected chi connectivity index (χ3v) is 6.96. The van der Waals surface area contributed by atoms with Crippen molar-refractivity contribution in [1.29, 1.82) is 0 Å². The molecule has 7 heteroatoms. The van der Waals surface area contributed by atoms with Crippen LogP contribution in [0.15, 0.2) is 52.8 Å². The Balaban J connectivity index is 1.50. The lowest BCUT2D eigenvalue weighted by Gasteiger charge is -2.15. The first-order valence-electron chi connectivity index (χ1n) is 8.27. The molecule has 26 heavy (non-hydrogen) atoms. The molecule has 3 heterocycles. The summed E-state index contributed by atoms with van der Waals surface area (Å²) in [7, 11) is 0. The second-order valence-electron chi connectivity index (χ2n) is 6.08. The molecule has 132 valence electrons. The number of aromatic amines is 1. The number of nitrogens with one attached hydrogen (secondary N) is 1. The van der Waals surface area contributed by atoms with E-state index in [9.17, 15) is 9.59 Å².